The SMILES string of the molecule is COc1cc([N+](=O)[O-])ccc1C(=O)N1CCC(Cl)CC1. The van der Waals surface area contributed by atoms with Gasteiger partial charge in [-0.1, -0.05) is 0 Å². The van der Waals surface area contributed by atoms with Crippen LogP contribution in [0.15, 0.2) is 18.2 Å². The molecule has 0 unspecified atom stereocenters. The first kappa shape index (κ1) is 14.6. The first-order valence-electron chi connectivity index (χ1n) is 6.28. The van der Waals surface area contributed by atoms with E-state index in [4.69, 9.17) is 16.3 Å². The Bertz CT molecular complexity index is 527. The first-order chi connectivity index (χ1) is 9.52. The van der Waals surface area contributed by atoms with Crippen LogP contribution in [0.1, 0.15) is 23.2 Å². The number of methoxy groups -OCH3 is 1. The number of carbonyl (C=O) groups is 1. The Labute approximate surface area is 121 Å². The molecule has 108 valence electrons. The molecule has 7 heteroatoms. The Morgan fingerprint density at radius 1 is 1.45 bits per heavy atom. The predicted molar refractivity (Wildman–Crippen MR) is 74.4 cm³/mol. The zero-order chi connectivity index (χ0) is 14.7. The van der Waals surface area contributed by atoms with E-state index in [1.165, 1.54) is 25.3 Å². The van der Waals surface area contributed by atoms with Crippen LogP contribution < -0.4 is 4.74 Å². The predicted octanol–water partition coefficient (Wildman–Crippen LogP) is 2.45. The van der Waals surface area contributed by atoms with Crippen molar-refractivity contribution in [1.29, 1.82) is 0 Å². The third-order valence-corrected chi connectivity index (χ3v) is 3.77. The number of hydrogen-bond donors (Lipinski definition) is 0. The average Bonchev–Trinajstić information content (AvgIpc) is 2.46. The molecule has 2 rings (SSSR count). The van der Waals surface area contributed by atoms with Crippen LogP contribution >= 0.6 is 11.6 Å². The number of non-ortho nitro benzene ring substituents is 1. The molecule has 0 aliphatic carbocycles. The monoisotopic (exact) mass is 298 g/mol. The molecule has 1 fully saturated rings. The molecule has 1 amide bonds. The number of benzene rings is 1. The maximum Gasteiger partial charge on any atom is 0.273 e. The summed E-state index contributed by atoms with van der Waals surface area (Å²) in [5.74, 6) is 0.0394. The topological polar surface area (TPSA) is 72.7 Å². The molecule has 0 radical (unpaired) electrons. The Kier molecular flexibility index (Phi) is 4.44. The summed E-state index contributed by atoms with van der Waals surface area (Å²) in [4.78, 5) is 24.3. The van der Waals surface area contributed by atoms with Crippen molar-refractivity contribution in [3.63, 3.8) is 0 Å². The Hall–Kier alpha value is -1.82. The van der Waals surface area contributed by atoms with Crippen LogP contribution in [0.25, 0.3) is 0 Å². The smallest absolute Gasteiger partial charge is 0.273 e. The van der Waals surface area contributed by atoms with E-state index in [-0.39, 0.29) is 22.7 Å². The number of halogens is 1. The second-order valence-corrected chi connectivity index (χ2v) is 5.23. The third kappa shape index (κ3) is 3.01. The van der Waals surface area contributed by atoms with Gasteiger partial charge in [0.15, 0.2) is 0 Å². The van der Waals surface area contributed by atoms with Crippen LogP contribution in [0, 0.1) is 10.1 Å². The minimum atomic E-state index is -0.518. The van der Waals surface area contributed by atoms with Gasteiger partial charge in [0.05, 0.1) is 23.7 Å². The van der Waals surface area contributed by atoms with Crippen LogP contribution in [0.3, 0.4) is 0 Å². The number of amides is 1. The number of carbonyl (C=O) groups excluding carboxylic acids is 1. The van der Waals surface area contributed by atoms with Gasteiger partial charge in [-0.25, -0.2) is 0 Å². The molecule has 0 atom stereocenters. The lowest BCUT2D eigenvalue weighted by Crippen LogP contribution is -2.38. The second-order valence-electron chi connectivity index (χ2n) is 4.61. The van der Waals surface area contributed by atoms with E-state index in [2.05, 4.69) is 0 Å². The quantitative estimate of drug-likeness (QED) is 0.488. The summed E-state index contributed by atoms with van der Waals surface area (Å²) in [5.41, 5.74) is 0.240. The van der Waals surface area contributed by atoms with Gasteiger partial charge in [0.1, 0.15) is 5.75 Å². The van der Waals surface area contributed by atoms with E-state index in [0.717, 1.165) is 12.8 Å². The van der Waals surface area contributed by atoms with E-state index >= 15 is 0 Å². The van der Waals surface area contributed by atoms with Crippen molar-refractivity contribution in [1.82, 2.24) is 4.90 Å². The minimum Gasteiger partial charge on any atom is -0.496 e. The molecule has 1 saturated heterocycles. The van der Waals surface area contributed by atoms with Crippen LogP contribution in [0.5, 0.6) is 5.75 Å². The number of alkyl halides is 1. The van der Waals surface area contributed by atoms with Gasteiger partial charge >= 0.3 is 0 Å². The lowest BCUT2D eigenvalue weighted by atomic mass is 10.1. The number of piperidine rings is 1. The van der Waals surface area contributed by atoms with Gasteiger partial charge in [-0.3, -0.25) is 14.9 Å². The lowest BCUT2D eigenvalue weighted by molar-refractivity contribution is -0.384. The molecule has 0 aromatic heterocycles. The van der Waals surface area contributed by atoms with Gasteiger partial charge < -0.3 is 9.64 Å². The number of likely N-dealkylation sites (tertiary alicyclic amines) is 1. The van der Waals surface area contributed by atoms with Crippen molar-refractivity contribution in [3.8, 4) is 5.75 Å². The fourth-order valence-corrected chi connectivity index (χ4v) is 2.39. The van der Waals surface area contributed by atoms with E-state index in [0.29, 0.717) is 18.7 Å². The molecule has 0 spiro atoms. The third-order valence-electron chi connectivity index (χ3n) is 3.34. The summed E-state index contributed by atoms with van der Waals surface area (Å²) in [7, 11) is 1.39. The number of ether oxygens (including phenoxy) is 1. The van der Waals surface area contributed by atoms with Gasteiger partial charge in [-0.05, 0) is 18.9 Å². The molecule has 1 aliphatic rings. The molecule has 1 heterocycles. The Balaban J connectivity index is 2.23. The second kappa shape index (κ2) is 6.09. The van der Waals surface area contributed by atoms with Gasteiger partial charge in [-0.15, -0.1) is 11.6 Å². The molecular formula is C13H15ClN2O4. The van der Waals surface area contributed by atoms with Gasteiger partial charge in [0.2, 0.25) is 0 Å². The van der Waals surface area contributed by atoms with Crippen molar-refractivity contribution < 1.29 is 14.5 Å². The fraction of sp³-hybridized carbons (Fsp3) is 0.462. The van der Waals surface area contributed by atoms with Crippen molar-refractivity contribution in [2.24, 2.45) is 0 Å². The van der Waals surface area contributed by atoms with Crippen LogP contribution in [0.2, 0.25) is 0 Å². The molecule has 0 saturated carbocycles. The molecular weight excluding hydrogens is 284 g/mol. The Morgan fingerprint density at radius 3 is 2.65 bits per heavy atom. The standard InChI is InChI=1S/C13H15ClN2O4/c1-20-12-8-10(16(18)19)2-3-11(12)13(17)15-6-4-9(14)5-7-15/h2-3,8-9H,4-7H2,1H3. The largest absolute Gasteiger partial charge is 0.496 e. The Morgan fingerprint density at radius 2 is 2.10 bits per heavy atom. The lowest BCUT2D eigenvalue weighted by Gasteiger charge is -2.29. The average molecular weight is 299 g/mol. The summed E-state index contributed by atoms with van der Waals surface area (Å²) >= 11 is 6.01. The molecule has 20 heavy (non-hydrogen) atoms. The highest BCUT2D eigenvalue weighted by atomic mass is 35.5. The van der Waals surface area contributed by atoms with Crippen LogP contribution in [-0.2, 0) is 0 Å². The molecule has 1 aliphatic heterocycles. The molecule has 1 aromatic rings. The summed E-state index contributed by atoms with van der Waals surface area (Å²) in [6, 6.07) is 4.01. The van der Waals surface area contributed by atoms with E-state index < -0.39 is 4.92 Å². The number of nitro groups is 1. The number of hydrogen-bond acceptors (Lipinski definition) is 4. The normalized spacial score (nSPS) is 16.0. The fourth-order valence-electron chi connectivity index (χ4n) is 2.19. The highest BCUT2D eigenvalue weighted by Crippen LogP contribution is 2.27. The minimum absolute atomic E-state index is 0.0992. The highest BCUT2D eigenvalue weighted by molar-refractivity contribution is 6.20. The number of nitrogens with zero attached hydrogens (tertiary/aromatic N) is 2. The zero-order valence-corrected chi connectivity index (χ0v) is 11.8. The highest BCUT2D eigenvalue weighted by Gasteiger charge is 2.25. The summed E-state index contributed by atoms with van der Waals surface area (Å²) in [6.07, 6.45) is 1.51. The summed E-state index contributed by atoms with van der Waals surface area (Å²) in [6.45, 7) is 1.18. The van der Waals surface area contributed by atoms with Crippen LogP contribution in [0.4, 0.5) is 5.69 Å². The van der Waals surface area contributed by atoms with Crippen molar-refractivity contribution in [2.75, 3.05) is 20.2 Å². The van der Waals surface area contributed by atoms with E-state index in [9.17, 15) is 14.9 Å². The maximum absolute atomic E-state index is 12.4. The molecule has 0 N–H and O–H groups in total. The summed E-state index contributed by atoms with van der Waals surface area (Å²) in [5, 5.41) is 10.8. The number of nitro benzene ring substituents is 1. The number of rotatable bonds is 3. The van der Waals surface area contributed by atoms with Gasteiger partial charge in [0.25, 0.3) is 11.6 Å². The van der Waals surface area contributed by atoms with E-state index in [1.54, 1.807) is 4.90 Å². The van der Waals surface area contributed by atoms with Gasteiger partial charge in [0, 0.05) is 24.5 Å². The molecule has 1 aromatic carbocycles. The summed E-state index contributed by atoms with van der Waals surface area (Å²) < 4.78 is 5.09. The van der Waals surface area contributed by atoms with Crippen molar-refractivity contribution in [3.05, 3.63) is 33.9 Å². The van der Waals surface area contributed by atoms with Gasteiger partial charge in [-0.2, -0.15) is 0 Å². The van der Waals surface area contributed by atoms with E-state index in [1.807, 2.05) is 0 Å². The van der Waals surface area contributed by atoms with Crippen molar-refractivity contribution >= 4 is 23.2 Å². The van der Waals surface area contributed by atoms with Crippen molar-refractivity contribution in [2.45, 2.75) is 18.2 Å². The molecule has 0 bridgehead atoms. The molecule has 6 nitrogen and oxygen atoms in total. The first-order valence-corrected chi connectivity index (χ1v) is 6.72. The maximum atomic E-state index is 12.4. The van der Waals surface area contributed by atoms with Crippen LogP contribution in [-0.4, -0.2) is 41.3 Å². The zero-order valence-electron chi connectivity index (χ0n) is 11.0.